The topological polar surface area (TPSA) is 123 Å². The first-order valence-electron chi connectivity index (χ1n) is 9.76. The largest absolute Gasteiger partial charge is 0.497 e. The summed E-state index contributed by atoms with van der Waals surface area (Å²) in [5.41, 5.74) is 2.15. The van der Waals surface area contributed by atoms with Crippen LogP contribution >= 0.6 is 0 Å². The summed E-state index contributed by atoms with van der Waals surface area (Å²) in [6.07, 6.45) is -0.608. The SMILES string of the molecule is COC(=O)Nc1ccc(NC(=O)c2cc(S(=O)(=O)Nc3ccc(OC)cc3)ccc2C)cc1. The van der Waals surface area contributed by atoms with Gasteiger partial charge in [-0.2, -0.15) is 0 Å². The molecule has 3 aromatic carbocycles. The molecule has 0 fully saturated rings. The van der Waals surface area contributed by atoms with Gasteiger partial charge >= 0.3 is 6.09 Å². The van der Waals surface area contributed by atoms with E-state index in [1.165, 1.54) is 26.4 Å². The molecule has 0 bridgehead atoms. The Morgan fingerprint density at radius 3 is 1.94 bits per heavy atom. The van der Waals surface area contributed by atoms with Crippen LogP contribution in [0.5, 0.6) is 5.75 Å². The van der Waals surface area contributed by atoms with E-state index in [2.05, 4.69) is 20.1 Å². The maximum Gasteiger partial charge on any atom is 0.411 e. The van der Waals surface area contributed by atoms with Crippen molar-refractivity contribution in [1.82, 2.24) is 0 Å². The molecule has 3 aromatic rings. The quantitative estimate of drug-likeness (QED) is 0.476. The minimum absolute atomic E-state index is 0.0494. The van der Waals surface area contributed by atoms with Gasteiger partial charge in [0.2, 0.25) is 0 Å². The molecule has 3 rings (SSSR count). The molecule has 0 heterocycles. The lowest BCUT2D eigenvalue weighted by Crippen LogP contribution is -2.17. The van der Waals surface area contributed by atoms with Crippen molar-refractivity contribution in [3.63, 3.8) is 0 Å². The smallest absolute Gasteiger partial charge is 0.411 e. The summed E-state index contributed by atoms with van der Waals surface area (Å²) < 4.78 is 37.7. The van der Waals surface area contributed by atoms with Crippen LogP contribution in [0.4, 0.5) is 21.9 Å². The maximum atomic E-state index is 12.8. The zero-order valence-corrected chi connectivity index (χ0v) is 19.0. The van der Waals surface area contributed by atoms with Crippen molar-refractivity contribution in [2.75, 3.05) is 29.6 Å². The Kier molecular flexibility index (Phi) is 7.19. The lowest BCUT2D eigenvalue weighted by atomic mass is 10.1. The van der Waals surface area contributed by atoms with Gasteiger partial charge in [-0.05, 0) is 73.2 Å². The zero-order valence-electron chi connectivity index (χ0n) is 18.2. The molecular weight excluding hydrogens is 446 g/mol. The lowest BCUT2D eigenvalue weighted by Gasteiger charge is -2.12. The molecule has 172 valence electrons. The van der Waals surface area contributed by atoms with Crippen LogP contribution in [0.2, 0.25) is 0 Å². The number of aryl methyl sites for hydroxylation is 1. The van der Waals surface area contributed by atoms with Gasteiger partial charge in [0.25, 0.3) is 15.9 Å². The molecule has 10 heteroatoms. The van der Waals surface area contributed by atoms with Crippen molar-refractivity contribution in [2.45, 2.75) is 11.8 Å². The molecule has 0 spiro atoms. The highest BCUT2D eigenvalue weighted by Crippen LogP contribution is 2.22. The molecule has 0 aliphatic rings. The summed E-state index contributed by atoms with van der Waals surface area (Å²) in [5, 5.41) is 5.23. The molecule has 0 aromatic heterocycles. The van der Waals surface area contributed by atoms with Crippen LogP contribution in [-0.2, 0) is 14.8 Å². The fourth-order valence-corrected chi connectivity index (χ4v) is 3.97. The summed E-state index contributed by atoms with van der Waals surface area (Å²) in [7, 11) is -1.14. The van der Waals surface area contributed by atoms with Crippen LogP contribution in [0.3, 0.4) is 0 Å². The third-order valence-corrected chi connectivity index (χ3v) is 6.06. The number of carbonyl (C=O) groups excluding carboxylic acids is 2. The first-order valence-corrected chi connectivity index (χ1v) is 11.2. The molecule has 2 amide bonds. The molecule has 0 atom stereocenters. The minimum atomic E-state index is -3.92. The maximum absolute atomic E-state index is 12.8. The molecule has 3 N–H and O–H groups in total. The van der Waals surface area contributed by atoms with Crippen LogP contribution < -0.4 is 20.1 Å². The summed E-state index contributed by atoms with van der Waals surface area (Å²) in [6.45, 7) is 1.71. The molecule has 0 saturated heterocycles. The van der Waals surface area contributed by atoms with Gasteiger partial charge in [0.1, 0.15) is 5.75 Å². The predicted octanol–water partition coefficient (Wildman–Crippen LogP) is 4.24. The number of amides is 2. The van der Waals surface area contributed by atoms with Crippen molar-refractivity contribution in [2.24, 2.45) is 0 Å². The van der Waals surface area contributed by atoms with Gasteiger partial charge in [0.15, 0.2) is 0 Å². The van der Waals surface area contributed by atoms with Crippen LogP contribution in [0, 0.1) is 6.92 Å². The van der Waals surface area contributed by atoms with Gasteiger partial charge in [-0.15, -0.1) is 0 Å². The lowest BCUT2D eigenvalue weighted by molar-refractivity contribution is 0.102. The Morgan fingerprint density at radius 2 is 1.36 bits per heavy atom. The monoisotopic (exact) mass is 469 g/mol. The number of sulfonamides is 1. The van der Waals surface area contributed by atoms with Crippen LogP contribution in [0.15, 0.2) is 71.6 Å². The van der Waals surface area contributed by atoms with Crippen LogP contribution in [-0.4, -0.2) is 34.6 Å². The van der Waals surface area contributed by atoms with Gasteiger partial charge in [0.05, 0.1) is 19.1 Å². The van der Waals surface area contributed by atoms with Crippen molar-refractivity contribution in [3.8, 4) is 5.75 Å². The number of hydrogen-bond acceptors (Lipinski definition) is 6. The predicted molar refractivity (Wildman–Crippen MR) is 125 cm³/mol. The first kappa shape index (κ1) is 23.6. The van der Waals surface area contributed by atoms with E-state index >= 15 is 0 Å². The van der Waals surface area contributed by atoms with E-state index in [1.807, 2.05) is 0 Å². The van der Waals surface area contributed by atoms with Crippen LogP contribution in [0.25, 0.3) is 0 Å². The summed E-state index contributed by atoms with van der Waals surface area (Å²) in [5.74, 6) is 0.129. The first-order chi connectivity index (χ1) is 15.7. The molecule has 0 aliphatic carbocycles. The Morgan fingerprint density at radius 1 is 0.788 bits per heavy atom. The summed E-state index contributed by atoms with van der Waals surface area (Å²) in [4.78, 5) is 24.0. The number of nitrogens with one attached hydrogen (secondary N) is 3. The molecule has 0 radical (unpaired) electrons. The minimum Gasteiger partial charge on any atom is -0.497 e. The highest BCUT2D eigenvalue weighted by Gasteiger charge is 2.18. The number of rotatable bonds is 7. The van der Waals surface area contributed by atoms with Gasteiger partial charge in [-0.25, -0.2) is 13.2 Å². The van der Waals surface area contributed by atoms with Gasteiger partial charge < -0.3 is 14.8 Å². The van der Waals surface area contributed by atoms with Crippen molar-refractivity contribution < 1.29 is 27.5 Å². The fourth-order valence-electron chi connectivity index (χ4n) is 2.89. The highest BCUT2D eigenvalue weighted by molar-refractivity contribution is 7.92. The molecule has 9 nitrogen and oxygen atoms in total. The molecule has 0 saturated carbocycles. The van der Waals surface area contributed by atoms with Gasteiger partial charge in [-0.1, -0.05) is 6.07 Å². The third kappa shape index (κ3) is 6.01. The Labute approximate surface area is 191 Å². The number of methoxy groups -OCH3 is 2. The standard InChI is InChI=1S/C23H23N3O6S/c1-15-4-13-20(33(29,30)26-18-9-11-19(31-2)12-10-18)14-21(15)22(27)24-16-5-7-17(8-6-16)25-23(28)32-3/h4-14,26H,1-3H3,(H,24,27)(H,25,28). The normalized spacial score (nSPS) is 10.8. The van der Waals surface area contributed by atoms with E-state index in [9.17, 15) is 18.0 Å². The van der Waals surface area contributed by atoms with Gasteiger partial charge in [0, 0.05) is 22.6 Å². The molecule has 0 unspecified atom stereocenters. The number of ether oxygens (including phenoxy) is 2. The second-order valence-corrected chi connectivity index (χ2v) is 8.64. The average molecular weight is 470 g/mol. The Hall–Kier alpha value is -4.05. The number of hydrogen-bond donors (Lipinski definition) is 3. The van der Waals surface area contributed by atoms with Crippen molar-refractivity contribution in [1.29, 1.82) is 0 Å². The third-order valence-electron chi connectivity index (χ3n) is 4.68. The van der Waals surface area contributed by atoms with E-state index in [1.54, 1.807) is 61.5 Å². The summed E-state index contributed by atoms with van der Waals surface area (Å²) >= 11 is 0. The number of carbonyl (C=O) groups is 2. The van der Waals surface area contributed by atoms with E-state index < -0.39 is 22.0 Å². The Balaban J connectivity index is 1.77. The molecule has 33 heavy (non-hydrogen) atoms. The highest BCUT2D eigenvalue weighted by atomic mass is 32.2. The fraction of sp³-hybridized carbons (Fsp3) is 0.130. The number of anilines is 3. The van der Waals surface area contributed by atoms with E-state index in [0.717, 1.165) is 0 Å². The molecular formula is C23H23N3O6S. The Bertz CT molecular complexity index is 1260. The van der Waals surface area contributed by atoms with Crippen molar-refractivity contribution in [3.05, 3.63) is 77.9 Å². The van der Waals surface area contributed by atoms with E-state index in [4.69, 9.17) is 4.74 Å². The van der Waals surface area contributed by atoms with Gasteiger partial charge in [-0.3, -0.25) is 14.8 Å². The van der Waals surface area contributed by atoms with Crippen molar-refractivity contribution >= 4 is 39.1 Å². The zero-order chi connectivity index (χ0) is 24.0. The van der Waals surface area contributed by atoms with E-state index in [0.29, 0.717) is 28.4 Å². The number of benzene rings is 3. The second-order valence-electron chi connectivity index (χ2n) is 6.96. The van der Waals surface area contributed by atoms with Crippen LogP contribution in [0.1, 0.15) is 15.9 Å². The average Bonchev–Trinajstić information content (AvgIpc) is 2.80. The summed E-state index contributed by atoms with van der Waals surface area (Å²) in [6, 6.07) is 17.2. The van der Waals surface area contributed by atoms with E-state index in [-0.39, 0.29) is 10.5 Å². The molecule has 0 aliphatic heterocycles. The second kappa shape index (κ2) is 10.0.